The second-order valence-electron chi connectivity index (χ2n) is 6.17. The smallest absolute Gasteiger partial charge is 0.218 e. The van der Waals surface area contributed by atoms with E-state index in [0.29, 0.717) is 35.1 Å². The number of rotatable bonds is 3. The molecule has 0 aliphatic carbocycles. The second-order valence-corrected chi connectivity index (χ2v) is 8.96. The lowest BCUT2D eigenvalue weighted by molar-refractivity contribution is 0.155. The van der Waals surface area contributed by atoms with Crippen molar-refractivity contribution in [2.75, 3.05) is 13.1 Å². The van der Waals surface area contributed by atoms with Crippen molar-refractivity contribution < 1.29 is 8.42 Å². The fraction of sp³-hybridized carbons (Fsp3) is 0.571. The molecule has 2 rings (SSSR count). The standard InChI is InChI=1S/C14H20Cl2N2O2S.ClH/c1-14(2)9-18(7-6-13(14)17)21(19,20)8-10-11(15)4-3-5-12(10)16;/h3-5,13H,6-9,17H2,1-2H3;1H. The minimum Gasteiger partial charge on any atom is -0.327 e. The number of sulfonamides is 1. The molecule has 0 bridgehead atoms. The molecule has 1 aliphatic heterocycles. The number of halogens is 3. The molecule has 1 aromatic rings. The Bertz CT molecular complexity index is 615. The van der Waals surface area contributed by atoms with Gasteiger partial charge in [0.15, 0.2) is 0 Å². The lowest BCUT2D eigenvalue weighted by atomic mass is 9.81. The summed E-state index contributed by atoms with van der Waals surface area (Å²) in [6.07, 6.45) is 0.655. The van der Waals surface area contributed by atoms with E-state index >= 15 is 0 Å². The average molecular weight is 388 g/mol. The summed E-state index contributed by atoms with van der Waals surface area (Å²) >= 11 is 12.1. The Morgan fingerprint density at radius 1 is 1.32 bits per heavy atom. The first-order valence-corrected chi connectivity index (χ1v) is 9.16. The Hall–Kier alpha value is -0.0400. The maximum Gasteiger partial charge on any atom is 0.218 e. The van der Waals surface area contributed by atoms with E-state index in [1.165, 1.54) is 4.31 Å². The van der Waals surface area contributed by atoms with E-state index in [2.05, 4.69) is 0 Å². The zero-order valence-electron chi connectivity index (χ0n) is 12.6. The molecule has 0 saturated carbocycles. The largest absolute Gasteiger partial charge is 0.327 e. The highest BCUT2D eigenvalue weighted by atomic mass is 35.5. The summed E-state index contributed by atoms with van der Waals surface area (Å²) < 4.78 is 26.7. The number of hydrogen-bond donors (Lipinski definition) is 1. The summed E-state index contributed by atoms with van der Waals surface area (Å²) in [6.45, 7) is 4.83. The Morgan fingerprint density at radius 2 is 1.86 bits per heavy atom. The molecule has 126 valence electrons. The first-order valence-electron chi connectivity index (χ1n) is 6.80. The van der Waals surface area contributed by atoms with E-state index in [-0.39, 0.29) is 29.6 Å². The Kier molecular flexibility index (Phi) is 6.58. The van der Waals surface area contributed by atoms with Crippen LogP contribution in [0.15, 0.2) is 18.2 Å². The summed E-state index contributed by atoms with van der Waals surface area (Å²) in [5.41, 5.74) is 6.27. The number of nitrogens with zero attached hydrogens (tertiary/aromatic N) is 1. The quantitative estimate of drug-likeness (QED) is 0.865. The SMILES string of the molecule is CC1(C)CN(S(=O)(=O)Cc2c(Cl)cccc2Cl)CCC1N.Cl. The molecule has 4 nitrogen and oxygen atoms in total. The third kappa shape index (κ3) is 4.28. The third-order valence-corrected chi connectivity index (χ3v) is 6.52. The van der Waals surface area contributed by atoms with Crippen LogP contribution in [0.25, 0.3) is 0 Å². The van der Waals surface area contributed by atoms with Crippen molar-refractivity contribution in [3.8, 4) is 0 Å². The number of hydrogen-bond acceptors (Lipinski definition) is 3. The molecule has 0 aromatic heterocycles. The maximum absolute atomic E-state index is 12.6. The average Bonchev–Trinajstić information content (AvgIpc) is 2.37. The summed E-state index contributed by atoms with van der Waals surface area (Å²) in [6, 6.07) is 5.00. The van der Waals surface area contributed by atoms with Gasteiger partial charge < -0.3 is 5.73 Å². The molecule has 2 N–H and O–H groups in total. The first-order chi connectivity index (χ1) is 9.63. The van der Waals surface area contributed by atoms with Gasteiger partial charge in [0, 0.05) is 34.7 Å². The topological polar surface area (TPSA) is 63.4 Å². The number of piperidine rings is 1. The molecule has 0 spiro atoms. The highest BCUT2D eigenvalue weighted by Gasteiger charge is 2.38. The van der Waals surface area contributed by atoms with Crippen molar-refractivity contribution in [1.29, 1.82) is 0 Å². The van der Waals surface area contributed by atoms with Crippen molar-refractivity contribution in [2.45, 2.75) is 32.1 Å². The van der Waals surface area contributed by atoms with Gasteiger partial charge in [-0.2, -0.15) is 0 Å². The number of nitrogens with two attached hydrogens (primary N) is 1. The predicted molar refractivity (Wildman–Crippen MR) is 94.3 cm³/mol. The van der Waals surface area contributed by atoms with Gasteiger partial charge in [0.25, 0.3) is 0 Å². The molecular formula is C14H21Cl3N2O2S. The molecule has 0 radical (unpaired) electrons. The fourth-order valence-electron chi connectivity index (χ4n) is 2.51. The van der Waals surface area contributed by atoms with E-state index in [4.69, 9.17) is 28.9 Å². The van der Waals surface area contributed by atoms with Crippen LogP contribution in [0.1, 0.15) is 25.8 Å². The second kappa shape index (κ2) is 7.24. The molecule has 1 aromatic carbocycles. The molecule has 8 heteroatoms. The maximum atomic E-state index is 12.6. The summed E-state index contributed by atoms with van der Waals surface area (Å²) in [4.78, 5) is 0. The van der Waals surface area contributed by atoms with Crippen LogP contribution in [0.5, 0.6) is 0 Å². The van der Waals surface area contributed by atoms with E-state index in [0.717, 1.165) is 0 Å². The Morgan fingerprint density at radius 3 is 2.36 bits per heavy atom. The van der Waals surface area contributed by atoms with Crippen LogP contribution in [-0.4, -0.2) is 31.9 Å². The lowest BCUT2D eigenvalue weighted by Crippen LogP contribution is -2.54. The fourth-order valence-corrected chi connectivity index (χ4v) is 4.97. The van der Waals surface area contributed by atoms with Crippen molar-refractivity contribution in [3.63, 3.8) is 0 Å². The third-order valence-electron chi connectivity index (χ3n) is 4.06. The van der Waals surface area contributed by atoms with Gasteiger partial charge in [-0.15, -0.1) is 12.4 Å². The van der Waals surface area contributed by atoms with Crippen molar-refractivity contribution in [3.05, 3.63) is 33.8 Å². The van der Waals surface area contributed by atoms with Gasteiger partial charge in [0.05, 0.1) is 5.75 Å². The zero-order chi connectivity index (χ0) is 15.8. The lowest BCUT2D eigenvalue weighted by Gasteiger charge is -2.41. The van der Waals surface area contributed by atoms with Gasteiger partial charge in [0.2, 0.25) is 10.0 Å². The molecule has 1 unspecified atom stereocenters. The molecular weight excluding hydrogens is 367 g/mol. The van der Waals surface area contributed by atoms with Crippen LogP contribution in [0.4, 0.5) is 0 Å². The number of benzene rings is 1. The van der Waals surface area contributed by atoms with Crippen molar-refractivity contribution in [2.24, 2.45) is 11.1 Å². The molecule has 1 heterocycles. The summed E-state index contributed by atoms with van der Waals surface area (Å²) in [7, 11) is -3.47. The van der Waals surface area contributed by atoms with Crippen LogP contribution >= 0.6 is 35.6 Å². The van der Waals surface area contributed by atoms with Gasteiger partial charge in [-0.3, -0.25) is 0 Å². The van der Waals surface area contributed by atoms with Crippen LogP contribution < -0.4 is 5.73 Å². The minimum absolute atomic E-state index is 0. The van der Waals surface area contributed by atoms with Crippen LogP contribution in [0.3, 0.4) is 0 Å². The van der Waals surface area contributed by atoms with Gasteiger partial charge in [-0.05, 0) is 24.0 Å². The minimum atomic E-state index is -3.47. The summed E-state index contributed by atoms with van der Waals surface area (Å²) in [5.74, 6) is -0.184. The highest BCUT2D eigenvalue weighted by molar-refractivity contribution is 7.88. The van der Waals surface area contributed by atoms with Gasteiger partial charge in [-0.25, -0.2) is 12.7 Å². The van der Waals surface area contributed by atoms with E-state index in [9.17, 15) is 8.42 Å². The Labute approximate surface area is 148 Å². The molecule has 1 aliphatic rings. The van der Waals surface area contributed by atoms with Gasteiger partial charge in [-0.1, -0.05) is 43.1 Å². The molecule has 1 atom stereocenters. The molecule has 22 heavy (non-hydrogen) atoms. The Balaban J connectivity index is 0.00000242. The normalized spacial score (nSPS) is 22.1. The van der Waals surface area contributed by atoms with Crippen LogP contribution in [0, 0.1) is 5.41 Å². The highest BCUT2D eigenvalue weighted by Crippen LogP contribution is 2.32. The van der Waals surface area contributed by atoms with Crippen LogP contribution in [0.2, 0.25) is 10.0 Å². The predicted octanol–water partition coefficient (Wildman–Crippen LogP) is 3.30. The zero-order valence-corrected chi connectivity index (χ0v) is 15.7. The van der Waals surface area contributed by atoms with E-state index in [1.54, 1.807) is 18.2 Å². The monoisotopic (exact) mass is 386 g/mol. The van der Waals surface area contributed by atoms with E-state index in [1.807, 2.05) is 13.8 Å². The van der Waals surface area contributed by atoms with Gasteiger partial charge in [0.1, 0.15) is 0 Å². The van der Waals surface area contributed by atoms with Crippen molar-refractivity contribution in [1.82, 2.24) is 4.31 Å². The van der Waals surface area contributed by atoms with E-state index < -0.39 is 10.0 Å². The molecule has 0 amide bonds. The van der Waals surface area contributed by atoms with Crippen LogP contribution in [-0.2, 0) is 15.8 Å². The summed E-state index contributed by atoms with van der Waals surface area (Å²) in [5, 5.41) is 0.748. The first kappa shape index (κ1) is 20.0. The molecule has 1 saturated heterocycles. The molecule has 1 fully saturated rings. The van der Waals surface area contributed by atoms with Gasteiger partial charge >= 0.3 is 0 Å². The van der Waals surface area contributed by atoms with Crippen molar-refractivity contribution >= 4 is 45.6 Å².